The van der Waals surface area contributed by atoms with Gasteiger partial charge in [-0.15, -0.1) is 11.3 Å². The first-order chi connectivity index (χ1) is 27.8. The number of hydrogen-bond donors (Lipinski definition) is 0. The topological polar surface area (TPSA) is 38.7 Å². The maximum atomic E-state index is 5.27. The minimum Gasteiger partial charge on any atom is -0.208 e. The SMILES string of the molecule is c1ccc(-c2cccc(-c3nc(-c4ccccc4)nc(-c4cccc5sc6ccc(C7(c8ccccc8)c8ccccc8-c8ccccc87)cc6c45)n3)c2)cc1. The predicted octanol–water partition coefficient (Wildman–Crippen LogP) is 13.3. The maximum Gasteiger partial charge on any atom is 0.164 e. The summed E-state index contributed by atoms with van der Waals surface area (Å²) in [6, 6.07) is 71.6. The van der Waals surface area contributed by atoms with Crippen LogP contribution in [0.5, 0.6) is 0 Å². The van der Waals surface area contributed by atoms with Gasteiger partial charge in [0.2, 0.25) is 0 Å². The van der Waals surface area contributed by atoms with Gasteiger partial charge in [-0.3, -0.25) is 0 Å². The van der Waals surface area contributed by atoms with E-state index in [9.17, 15) is 0 Å². The molecule has 1 aliphatic rings. The van der Waals surface area contributed by atoms with Gasteiger partial charge in [0, 0.05) is 36.9 Å². The third-order valence-corrected chi connectivity index (χ3v) is 12.4. The number of aromatic nitrogens is 3. The summed E-state index contributed by atoms with van der Waals surface area (Å²) in [7, 11) is 0. The van der Waals surface area contributed by atoms with Crippen molar-refractivity contribution in [2.24, 2.45) is 0 Å². The number of rotatable bonds is 6. The van der Waals surface area contributed by atoms with Crippen LogP contribution in [0.2, 0.25) is 0 Å². The Morgan fingerprint density at radius 3 is 1.59 bits per heavy atom. The third-order valence-electron chi connectivity index (χ3n) is 11.2. The monoisotopic (exact) mass is 731 g/mol. The van der Waals surface area contributed by atoms with E-state index in [1.807, 2.05) is 35.6 Å². The van der Waals surface area contributed by atoms with E-state index in [0.29, 0.717) is 17.5 Å². The molecule has 0 spiro atoms. The van der Waals surface area contributed by atoms with Gasteiger partial charge in [-0.2, -0.15) is 0 Å². The zero-order valence-corrected chi connectivity index (χ0v) is 31.1. The molecule has 0 atom stereocenters. The number of fused-ring (bicyclic) bond motifs is 6. The van der Waals surface area contributed by atoms with Crippen LogP contribution in [0.15, 0.2) is 200 Å². The first kappa shape index (κ1) is 32.4. The maximum absolute atomic E-state index is 5.27. The minimum absolute atomic E-state index is 0.490. The van der Waals surface area contributed by atoms with Crippen LogP contribution >= 0.6 is 11.3 Å². The molecule has 56 heavy (non-hydrogen) atoms. The van der Waals surface area contributed by atoms with E-state index >= 15 is 0 Å². The molecule has 11 rings (SSSR count). The molecule has 0 saturated carbocycles. The van der Waals surface area contributed by atoms with E-state index in [1.165, 1.54) is 48.2 Å². The average Bonchev–Trinajstić information content (AvgIpc) is 3.81. The molecule has 2 aromatic heterocycles. The summed E-state index contributed by atoms with van der Waals surface area (Å²) < 4.78 is 2.43. The van der Waals surface area contributed by atoms with Crippen molar-refractivity contribution in [3.63, 3.8) is 0 Å². The van der Waals surface area contributed by atoms with Crippen molar-refractivity contribution in [2.45, 2.75) is 5.41 Å². The van der Waals surface area contributed by atoms with E-state index < -0.39 is 5.41 Å². The van der Waals surface area contributed by atoms with E-state index in [0.717, 1.165) is 33.2 Å². The number of benzene rings is 8. The summed E-state index contributed by atoms with van der Waals surface area (Å²) in [5.74, 6) is 1.95. The Kier molecular flexibility index (Phi) is 7.58. The Hall–Kier alpha value is -7.01. The largest absolute Gasteiger partial charge is 0.208 e. The van der Waals surface area contributed by atoms with Crippen molar-refractivity contribution >= 4 is 31.5 Å². The van der Waals surface area contributed by atoms with Crippen LogP contribution in [-0.4, -0.2) is 15.0 Å². The molecular formula is C52H33N3S. The molecule has 0 amide bonds. The lowest BCUT2D eigenvalue weighted by molar-refractivity contribution is 0.770. The number of thiophene rings is 1. The molecule has 2 heterocycles. The summed E-state index contributed by atoms with van der Waals surface area (Å²) in [5.41, 5.74) is 12.3. The summed E-state index contributed by atoms with van der Waals surface area (Å²) in [6.45, 7) is 0. The molecule has 0 unspecified atom stereocenters. The van der Waals surface area contributed by atoms with E-state index in [4.69, 9.17) is 15.0 Å². The summed E-state index contributed by atoms with van der Waals surface area (Å²) in [4.78, 5) is 15.6. The second-order valence-corrected chi connectivity index (χ2v) is 15.4. The molecule has 3 nitrogen and oxygen atoms in total. The lowest BCUT2D eigenvalue weighted by Crippen LogP contribution is -2.28. The van der Waals surface area contributed by atoms with Crippen LogP contribution in [0.4, 0.5) is 0 Å². The first-order valence-corrected chi connectivity index (χ1v) is 19.8. The second-order valence-electron chi connectivity index (χ2n) is 14.3. The van der Waals surface area contributed by atoms with Gasteiger partial charge in [-0.05, 0) is 68.8 Å². The van der Waals surface area contributed by atoms with Crippen LogP contribution in [0.1, 0.15) is 22.3 Å². The van der Waals surface area contributed by atoms with Gasteiger partial charge < -0.3 is 0 Å². The van der Waals surface area contributed by atoms with E-state index in [-0.39, 0.29) is 0 Å². The highest BCUT2D eigenvalue weighted by Gasteiger charge is 2.46. The lowest BCUT2D eigenvalue weighted by Gasteiger charge is -2.34. The van der Waals surface area contributed by atoms with Crippen molar-refractivity contribution in [3.05, 3.63) is 222 Å². The Morgan fingerprint density at radius 2 is 0.875 bits per heavy atom. The summed E-state index contributed by atoms with van der Waals surface area (Å²) in [6.07, 6.45) is 0. The van der Waals surface area contributed by atoms with Gasteiger partial charge in [-0.1, -0.05) is 176 Å². The average molecular weight is 732 g/mol. The van der Waals surface area contributed by atoms with Crippen molar-refractivity contribution < 1.29 is 0 Å². The number of hydrogen-bond acceptors (Lipinski definition) is 4. The molecule has 0 radical (unpaired) electrons. The highest BCUT2D eigenvalue weighted by molar-refractivity contribution is 7.25. The molecular weight excluding hydrogens is 699 g/mol. The van der Waals surface area contributed by atoms with Gasteiger partial charge in [0.25, 0.3) is 0 Å². The zero-order valence-electron chi connectivity index (χ0n) is 30.3. The smallest absolute Gasteiger partial charge is 0.164 e. The summed E-state index contributed by atoms with van der Waals surface area (Å²) >= 11 is 1.82. The zero-order chi connectivity index (χ0) is 37.1. The van der Waals surface area contributed by atoms with Crippen LogP contribution in [0.3, 0.4) is 0 Å². The molecule has 0 aliphatic heterocycles. The van der Waals surface area contributed by atoms with Crippen molar-refractivity contribution in [1.29, 1.82) is 0 Å². The molecule has 262 valence electrons. The fourth-order valence-electron chi connectivity index (χ4n) is 8.77. The quantitative estimate of drug-likeness (QED) is 0.171. The second kappa shape index (κ2) is 13.1. The third kappa shape index (κ3) is 5.07. The van der Waals surface area contributed by atoms with E-state index in [1.54, 1.807) is 0 Å². The van der Waals surface area contributed by atoms with Crippen LogP contribution in [0, 0.1) is 0 Å². The van der Waals surface area contributed by atoms with Crippen LogP contribution in [-0.2, 0) is 5.41 Å². The minimum atomic E-state index is -0.490. The summed E-state index contributed by atoms with van der Waals surface area (Å²) in [5, 5.41) is 2.36. The Morgan fingerprint density at radius 1 is 0.339 bits per heavy atom. The standard InChI is InChI=1S/C52H33N3S/c1-4-16-34(17-5-1)36-20-14-21-37(32-36)50-53-49(35-18-6-2-7-19-35)54-51(55-50)42-26-15-29-47-48(42)43-33-39(30-31-46(43)56-47)52(38-22-8-3-9-23-38)44-27-12-10-24-40(44)41-25-11-13-28-45(41)52/h1-33H. The van der Waals surface area contributed by atoms with Gasteiger partial charge in [0.05, 0.1) is 5.41 Å². The van der Waals surface area contributed by atoms with Gasteiger partial charge >= 0.3 is 0 Å². The van der Waals surface area contributed by atoms with Crippen LogP contribution in [0.25, 0.3) is 76.6 Å². The molecule has 8 aromatic carbocycles. The Bertz CT molecular complexity index is 3030. The van der Waals surface area contributed by atoms with Crippen molar-refractivity contribution in [3.8, 4) is 56.4 Å². The normalized spacial score (nSPS) is 12.8. The highest BCUT2D eigenvalue weighted by Crippen LogP contribution is 2.56. The fourth-order valence-corrected chi connectivity index (χ4v) is 9.88. The Labute approximate surface area is 329 Å². The first-order valence-electron chi connectivity index (χ1n) is 18.9. The molecule has 10 aromatic rings. The molecule has 4 heteroatoms. The predicted molar refractivity (Wildman–Crippen MR) is 232 cm³/mol. The molecule has 0 N–H and O–H groups in total. The van der Waals surface area contributed by atoms with Crippen molar-refractivity contribution in [2.75, 3.05) is 0 Å². The van der Waals surface area contributed by atoms with Crippen molar-refractivity contribution in [1.82, 2.24) is 15.0 Å². The van der Waals surface area contributed by atoms with Gasteiger partial charge in [-0.25, -0.2) is 15.0 Å². The number of nitrogens with zero attached hydrogens (tertiary/aromatic N) is 3. The molecule has 0 saturated heterocycles. The lowest BCUT2D eigenvalue weighted by atomic mass is 9.67. The molecule has 1 aliphatic carbocycles. The highest BCUT2D eigenvalue weighted by atomic mass is 32.1. The fraction of sp³-hybridized carbons (Fsp3) is 0.0192. The Balaban J connectivity index is 1.16. The van der Waals surface area contributed by atoms with Crippen LogP contribution < -0.4 is 0 Å². The van der Waals surface area contributed by atoms with Gasteiger partial charge in [0.1, 0.15) is 0 Å². The van der Waals surface area contributed by atoms with E-state index in [2.05, 4.69) is 176 Å². The molecule has 0 bridgehead atoms. The van der Waals surface area contributed by atoms with Gasteiger partial charge in [0.15, 0.2) is 17.5 Å². The molecule has 0 fully saturated rings.